The Balaban J connectivity index is 1.20. The van der Waals surface area contributed by atoms with E-state index in [0.717, 1.165) is 66.5 Å². The van der Waals surface area contributed by atoms with Gasteiger partial charge in [-0.05, 0) is 87.3 Å². The molecule has 2 aliphatic rings. The van der Waals surface area contributed by atoms with Crippen molar-refractivity contribution in [2.45, 2.75) is 0 Å². The number of nitrogens with zero attached hydrogens (tertiary/aromatic N) is 2. The first-order valence-corrected chi connectivity index (χ1v) is 18.9. The van der Waals surface area contributed by atoms with Crippen LogP contribution in [0.1, 0.15) is 0 Å². The number of furan rings is 2. The molecule has 0 saturated carbocycles. The fourth-order valence-electron chi connectivity index (χ4n) is 9.64. The fourth-order valence-corrected chi connectivity index (χ4v) is 9.64. The molecule has 11 aromatic rings. The molecule has 3 aromatic heterocycles. The predicted octanol–water partition coefficient (Wildman–Crippen LogP) is 12.2. The van der Waals surface area contributed by atoms with Gasteiger partial charge in [-0.25, -0.2) is 0 Å². The summed E-state index contributed by atoms with van der Waals surface area (Å²) in [7, 11) is 0. The average molecular weight is 701 g/mol. The first-order chi connectivity index (χ1) is 27.3. The second-order valence-corrected chi connectivity index (χ2v) is 14.8. The largest absolute Gasteiger partial charge is 0.454 e. The van der Waals surface area contributed by atoms with Crippen molar-refractivity contribution >= 4 is 89.7 Å². The van der Waals surface area contributed by atoms with Crippen molar-refractivity contribution in [2.75, 3.05) is 4.90 Å². The summed E-state index contributed by atoms with van der Waals surface area (Å²) in [5, 5.41) is 4.48. The number of anilines is 3. The highest BCUT2D eigenvalue weighted by atomic mass is 16.3. The van der Waals surface area contributed by atoms with E-state index in [-0.39, 0.29) is 6.85 Å². The summed E-state index contributed by atoms with van der Waals surface area (Å²) in [4.78, 5) is 2.46. The monoisotopic (exact) mass is 700 g/mol. The van der Waals surface area contributed by atoms with Crippen molar-refractivity contribution in [2.24, 2.45) is 0 Å². The molecule has 0 saturated heterocycles. The van der Waals surface area contributed by atoms with Gasteiger partial charge in [0.15, 0.2) is 11.2 Å². The first kappa shape index (κ1) is 29.2. The van der Waals surface area contributed by atoms with E-state index in [1.165, 1.54) is 49.8 Å². The van der Waals surface area contributed by atoms with E-state index in [0.29, 0.717) is 0 Å². The maximum absolute atomic E-state index is 6.99. The highest BCUT2D eigenvalue weighted by Crippen LogP contribution is 2.50. The van der Waals surface area contributed by atoms with E-state index in [2.05, 4.69) is 185 Å². The van der Waals surface area contributed by atoms with Crippen LogP contribution in [0.25, 0.3) is 88.3 Å². The number of hydrogen-bond donors (Lipinski definition) is 0. The molecule has 4 nitrogen and oxygen atoms in total. The third-order valence-electron chi connectivity index (χ3n) is 12.0. The van der Waals surface area contributed by atoms with Gasteiger partial charge in [0.1, 0.15) is 11.2 Å². The molecular formula is C50H29BN2O2. The highest BCUT2D eigenvalue weighted by molar-refractivity contribution is 6.90. The zero-order valence-corrected chi connectivity index (χ0v) is 29.5. The molecule has 254 valence electrons. The zero-order chi connectivity index (χ0) is 35.8. The number of hydrogen-bond acceptors (Lipinski definition) is 3. The van der Waals surface area contributed by atoms with Crippen LogP contribution in [0.5, 0.6) is 0 Å². The number of fused-ring (bicyclic) bond motifs is 13. The normalized spacial score (nSPS) is 13.0. The summed E-state index contributed by atoms with van der Waals surface area (Å²) in [5.74, 6) is 0. The molecule has 2 aliphatic heterocycles. The minimum absolute atomic E-state index is 0.156. The lowest BCUT2D eigenvalue weighted by molar-refractivity contribution is 0.669. The van der Waals surface area contributed by atoms with Gasteiger partial charge < -0.3 is 18.2 Å². The van der Waals surface area contributed by atoms with Gasteiger partial charge in [-0.3, -0.25) is 0 Å². The number of para-hydroxylation sites is 3. The lowest BCUT2D eigenvalue weighted by atomic mass is 9.44. The Kier molecular flexibility index (Phi) is 5.68. The molecule has 0 amide bonds. The van der Waals surface area contributed by atoms with Crippen LogP contribution in [0, 0.1) is 0 Å². The van der Waals surface area contributed by atoms with Crippen molar-refractivity contribution < 1.29 is 8.83 Å². The summed E-state index contributed by atoms with van der Waals surface area (Å²) in [5.41, 5.74) is 18.9. The van der Waals surface area contributed by atoms with Gasteiger partial charge in [0, 0.05) is 44.0 Å². The first-order valence-electron chi connectivity index (χ1n) is 18.9. The Morgan fingerprint density at radius 2 is 1.04 bits per heavy atom. The molecule has 0 N–H and O–H groups in total. The molecule has 5 heterocycles. The SMILES string of the molecule is c1ccc(-c2ccc(N3c4ccc(-c5ccccc5)cc4B4c5c(cc6c(oc7ccccc76)c53)-c3cccc5c6oc7ccccc7c6n4c35)cc2)cc1. The molecule has 0 spiro atoms. The van der Waals surface area contributed by atoms with E-state index in [4.69, 9.17) is 8.83 Å². The van der Waals surface area contributed by atoms with Crippen LogP contribution in [-0.4, -0.2) is 11.3 Å². The molecular weight excluding hydrogens is 671 g/mol. The summed E-state index contributed by atoms with van der Waals surface area (Å²) in [6, 6.07) is 63.3. The molecule has 0 fully saturated rings. The Morgan fingerprint density at radius 1 is 0.418 bits per heavy atom. The van der Waals surface area contributed by atoms with Gasteiger partial charge in [0.2, 0.25) is 0 Å². The molecule has 0 aliphatic carbocycles. The fraction of sp³-hybridized carbons (Fsp3) is 0. The van der Waals surface area contributed by atoms with Crippen LogP contribution in [0.4, 0.5) is 17.1 Å². The topological polar surface area (TPSA) is 34.5 Å². The summed E-state index contributed by atoms with van der Waals surface area (Å²) in [6.07, 6.45) is 0. The van der Waals surface area contributed by atoms with Gasteiger partial charge in [0.25, 0.3) is 0 Å². The second kappa shape index (κ2) is 10.7. The molecule has 0 unspecified atom stereocenters. The van der Waals surface area contributed by atoms with Crippen LogP contribution < -0.4 is 15.8 Å². The van der Waals surface area contributed by atoms with Crippen LogP contribution in [0.2, 0.25) is 0 Å². The molecule has 5 heteroatoms. The maximum Gasteiger partial charge on any atom is 0.333 e. The van der Waals surface area contributed by atoms with Gasteiger partial charge in [-0.2, -0.15) is 0 Å². The summed E-state index contributed by atoms with van der Waals surface area (Å²) < 4.78 is 16.3. The highest BCUT2D eigenvalue weighted by Gasteiger charge is 2.45. The third kappa shape index (κ3) is 3.86. The molecule has 0 bridgehead atoms. The van der Waals surface area contributed by atoms with Gasteiger partial charge in [-0.15, -0.1) is 0 Å². The second-order valence-electron chi connectivity index (χ2n) is 14.8. The number of aromatic nitrogens is 1. The van der Waals surface area contributed by atoms with Gasteiger partial charge in [0.05, 0.1) is 11.2 Å². The molecule has 55 heavy (non-hydrogen) atoms. The Bertz CT molecular complexity index is 3380. The number of rotatable bonds is 3. The minimum atomic E-state index is -0.156. The Hall–Kier alpha value is -7.24. The Morgan fingerprint density at radius 3 is 1.82 bits per heavy atom. The standard InChI is InChI=1S/C50H29BN2O2/c1-3-12-30(13-4-1)32-22-25-34(26-23-32)52-42-27-24-33(31-14-5-2-6-15-31)28-41(42)51-45-39(29-40-35-16-7-9-20-43(35)54-50(40)48(45)52)36-18-11-19-38-46(36)53(51)47-37-17-8-10-21-44(37)55-49(38)47/h1-29H. The minimum Gasteiger partial charge on any atom is -0.454 e. The quantitative estimate of drug-likeness (QED) is 0.172. The van der Waals surface area contributed by atoms with Gasteiger partial charge >= 0.3 is 6.85 Å². The van der Waals surface area contributed by atoms with Crippen molar-refractivity contribution in [1.82, 2.24) is 4.48 Å². The summed E-state index contributed by atoms with van der Waals surface area (Å²) >= 11 is 0. The Labute approximate surface area is 316 Å². The van der Waals surface area contributed by atoms with Crippen LogP contribution >= 0.6 is 0 Å². The summed E-state index contributed by atoms with van der Waals surface area (Å²) in [6.45, 7) is -0.156. The molecule has 0 atom stereocenters. The predicted molar refractivity (Wildman–Crippen MR) is 228 cm³/mol. The zero-order valence-electron chi connectivity index (χ0n) is 29.5. The lowest BCUT2D eigenvalue weighted by Crippen LogP contribution is -2.56. The van der Waals surface area contributed by atoms with Crippen molar-refractivity contribution in [3.05, 3.63) is 176 Å². The van der Waals surface area contributed by atoms with Crippen molar-refractivity contribution in [1.29, 1.82) is 0 Å². The van der Waals surface area contributed by atoms with E-state index in [9.17, 15) is 0 Å². The van der Waals surface area contributed by atoms with E-state index in [1.807, 2.05) is 0 Å². The smallest absolute Gasteiger partial charge is 0.333 e. The lowest BCUT2D eigenvalue weighted by Gasteiger charge is -2.40. The third-order valence-corrected chi connectivity index (χ3v) is 12.0. The average Bonchev–Trinajstić information content (AvgIpc) is 3.92. The van der Waals surface area contributed by atoms with E-state index < -0.39 is 0 Å². The van der Waals surface area contributed by atoms with Crippen molar-refractivity contribution in [3.8, 4) is 33.4 Å². The van der Waals surface area contributed by atoms with Crippen LogP contribution in [0.3, 0.4) is 0 Å². The maximum atomic E-state index is 6.99. The molecule has 8 aromatic carbocycles. The van der Waals surface area contributed by atoms with Crippen LogP contribution in [0.15, 0.2) is 185 Å². The molecule has 13 rings (SSSR count). The van der Waals surface area contributed by atoms with Crippen molar-refractivity contribution in [3.63, 3.8) is 0 Å². The molecule has 0 radical (unpaired) electrons. The van der Waals surface area contributed by atoms with E-state index >= 15 is 0 Å². The van der Waals surface area contributed by atoms with Gasteiger partial charge in [-0.1, -0.05) is 127 Å². The number of benzene rings is 8. The van der Waals surface area contributed by atoms with E-state index in [1.54, 1.807) is 0 Å². The van der Waals surface area contributed by atoms with Crippen LogP contribution in [-0.2, 0) is 0 Å².